The van der Waals surface area contributed by atoms with Crippen LogP contribution in [0.5, 0.6) is 5.75 Å². The van der Waals surface area contributed by atoms with Gasteiger partial charge in [0.05, 0.1) is 18.4 Å². The predicted molar refractivity (Wildman–Crippen MR) is 122 cm³/mol. The number of nitrogens with two attached hydrogens (primary N) is 2. The molecule has 7 nitrogen and oxygen atoms in total. The Balaban J connectivity index is 1.69. The maximum atomic E-state index is 12.9. The number of ether oxygens (including phenoxy) is 1. The highest BCUT2D eigenvalue weighted by atomic mass is 32.1. The van der Waals surface area contributed by atoms with E-state index in [2.05, 4.69) is 10.3 Å². The lowest BCUT2D eigenvalue weighted by atomic mass is 10.0. The van der Waals surface area contributed by atoms with Gasteiger partial charge in [0.15, 0.2) is 0 Å². The molecule has 0 fully saturated rings. The third-order valence-electron chi connectivity index (χ3n) is 4.60. The van der Waals surface area contributed by atoms with Gasteiger partial charge in [0.1, 0.15) is 20.5 Å². The number of nitrogens with zero attached hydrogens (tertiary/aromatic N) is 1. The molecule has 0 radical (unpaired) electrons. The molecule has 0 atom stereocenters. The lowest BCUT2D eigenvalue weighted by molar-refractivity contribution is 0.100. The molecule has 152 valence electrons. The molecule has 3 heterocycles. The van der Waals surface area contributed by atoms with Crippen LogP contribution in [0.1, 0.15) is 25.7 Å². The van der Waals surface area contributed by atoms with Crippen molar-refractivity contribution in [1.82, 2.24) is 4.98 Å². The molecule has 9 heteroatoms. The van der Waals surface area contributed by atoms with Crippen LogP contribution in [0.3, 0.4) is 0 Å². The summed E-state index contributed by atoms with van der Waals surface area (Å²) in [5.74, 6) is -0.329. The molecule has 3 aromatic heterocycles. The van der Waals surface area contributed by atoms with Crippen molar-refractivity contribution in [1.29, 1.82) is 0 Å². The zero-order valence-electron chi connectivity index (χ0n) is 16.2. The van der Waals surface area contributed by atoms with Gasteiger partial charge in [-0.1, -0.05) is 12.1 Å². The second kappa shape index (κ2) is 7.77. The van der Waals surface area contributed by atoms with Crippen LogP contribution in [0.15, 0.2) is 41.8 Å². The van der Waals surface area contributed by atoms with Gasteiger partial charge in [-0.3, -0.25) is 9.59 Å². The van der Waals surface area contributed by atoms with Crippen molar-refractivity contribution in [2.45, 2.75) is 6.92 Å². The van der Waals surface area contributed by atoms with Crippen molar-refractivity contribution < 1.29 is 14.3 Å². The Morgan fingerprint density at radius 3 is 2.53 bits per heavy atom. The Hall–Kier alpha value is -3.43. The Morgan fingerprint density at radius 2 is 1.87 bits per heavy atom. The van der Waals surface area contributed by atoms with Gasteiger partial charge in [-0.2, -0.15) is 0 Å². The summed E-state index contributed by atoms with van der Waals surface area (Å²) in [6, 6.07) is 10.9. The van der Waals surface area contributed by atoms with Crippen LogP contribution in [0.25, 0.3) is 21.3 Å². The first kappa shape index (κ1) is 19.9. The van der Waals surface area contributed by atoms with E-state index in [-0.39, 0.29) is 5.56 Å². The fourth-order valence-corrected chi connectivity index (χ4v) is 5.10. The molecule has 1 aromatic carbocycles. The molecule has 0 saturated carbocycles. The summed E-state index contributed by atoms with van der Waals surface area (Å²) in [5, 5.41) is 5.69. The van der Waals surface area contributed by atoms with Crippen LogP contribution in [-0.2, 0) is 0 Å². The maximum absolute atomic E-state index is 12.9. The van der Waals surface area contributed by atoms with Crippen molar-refractivity contribution >= 4 is 55.4 Å². The lowest BCUT2D eigenvalue weighted by Gasteiger charge is -2.07. The van der Waals surface area contributed by atoms with E-state index >= 15 is 0 Å². The van der Waals surface area contributed by atoms with Crippen LogP contribution in [-0.4, -0.2) is 23.9 Å². The van der Waals surface area contributed by atoms with Crippen LogP contribution in [0, 0.1) is 6.92 Å². The molecule has 0 bridgehead atoms. The van der Waals surface area contributed by atoms with Gasteiger partial charge in [0, 0.05) is 22.0 Å². The number of anilines is 2. The number of hydrogen-bond donors (Lipinski definition) is 3. The molecular formula is C21H18N4O3S2. The fraction of sp³-hybridized carbons (Fsp3) is 0.0952. The number of nitrogen functional groups attached to an aromatic ring is 1. The van der Waals surface area contributed by atoms with Gasteiger partial charge in [0.25, 0.3) is 11.8 Å². The van der Waals surface area contributed by atoms with Crippen molar-refractivity contribution in [3.8, 4) is 16.9 Å². The summed E-state index contributed by atoms with van der Waals surface area (Å²) >= 11 is 2.44. The molecule has 4 rings (SSSR count). The Bertz CT molecular complexity index is 1280. The second-order valence-electron chi connectivity index (χ2n) is 6.55. The van der Waals surface area contributed by atoms with E-state index in [4.69, 9.17) is 16.2 Å². The molecule has 5 N–H and O–H groups in total. The standard InChI is InChI=1S/C21H18N4O3S2/c1-10-3-8-13-16(22)17(30-20(13)24-10)19(27)25-21-15(18(23)26)14(9-29-21)11-4-6-12(28-2)7-5-11/h3-9H,22H2,1-2H3,(H2,23,26)(H,25,27). The molecule has 0 spiro atoms. The first-order chi connectivity index (χ1) is 14.4. The Kier molecular flexibility index (Phi) is 5.15. The zero-order valence-corrected chi connectivity index (χ0v) is 17.8. The number of primary amides is 1. The molecule has 0 unspecified atom stereocenters. The summed E-state index contributed by atoms with van der Waals surface area (Å²) in [7, 11) is 1.58. The maximum Gasteiger partial charge on any atom is 0.268 e. The number of thiophene rings is 2. The van der Waals surface area contributed by atoms with E-state index in [9.17, 15) is 9.59 Å². The SMILES string of the molecule is COc1ccc(-c2csc(NC(=O)c3sc4nc(C)ccc4c3N)c2C(N)=O)cc1. The number of rotatable bonds is 5. The monoisotopic (exact) mass is 438 g/mol. The van der Waals surface area contributed by atoms with Crippen LogP contribution >= 0.6 is 22.7 Å². The van der Waals surface area contributed by atoms with Crippen LogP contribution in [0.4, 0.5) is 10.7 Å². The number of pyridine rings is 1. The van der Waals surface area contributed by atoms with Gasteiger partial charge in [-0.05, 0) is 36.8 Å². The van der Waals surface area contributed by atoms with Gasteiger partial charge < -0.3 is 21.5 Å². The van der Waals surface area contributed by atoms with E-state index in [1.807, 2.05) is 31.2 Å². The minimum absolute atomic E-state index is 0.257. The van der Waals surface area contributed by atoms with Gasteiger partial charge in [0.2, 0.25) is 0 Å². The molecule has 0 aliphatic rings. The first-order valence-electron chi connectivity index (χ1n) is 8.91. The summed E-state index contributed by atoms with van der Waals surface area (Å²) in [6.07, 6.45) is 0. The number of methoxy groups -OCH3 is 1. The molecule has 4 aromatic rings. The van der Waals surface area contributed by atoms with Crippen molar-refractivity contribution in [2.24, 2.45) is 5.73 Å². The highest BCUT2D eigenvalue weighted by Gasteiger charge is 2.23. The van der Waals surface area contributed by atoms with Gasteiger partial charge in [-0.15, -0.1) is 22.7 Å². The molecule has 0 aliphatic heterocycles. The van der Waals surface area contributed by atoms with Crippen molar-refractivity contribution in [2.75, 3.05) is 18.2 Å². The van der Waals surface area contributed by atoms with Gasteiger partial charge in [-0.25, -0.2) is 4.98 Å². The average Bonchev–Trinajstić information content (AvgIpc) is 3.29. The quantitative estimate of drug-likeness (QED) is 0.430. The highest BCUT2D eigenvalue weighted by Crippen LogP contribution is 2.38. The Labute approximate surface area is 180 Å². The van der Waals surface area contributed by atoms with Crippen LogP contribution < -0.4 is 21.5 Å². The normalized spacial score (nSPS) is 10.9. The molecule has 0 saturated heterocycles. The van der Waals surface area contributed by atoms with E-state index < -0.39 is 11.8 Å². The predicted octanol–water partition coefficient (Wildman–Crippen LogP) is 4.28. The fourth-order valence-electron chi connectivity index (χ4n) is 3.10. The van der Waals surface area contributed by atoms with Crippen LogP contribution in [0.2, 0.25) is 0 Å². The van der Waals surface area contributed by atoms with Crippen molar-refractivity contribution in [3.05, 3.63) is 57.9 Å². The number of aromatic nitrogens is 1. The highest BCUT2D eigenvalue weighted by molar-refractivity contribution is 7.21. The number of nitrogens with one attached hydrogen (secondary N) is 1. The zero-order chi connectivity index (χ0) is 21.4. The topological polar surface area (TPSA) is 120 Å². The average molecular weight is 439 g/mol. The molecule has 30 heavy (non-hydrogen) atoms. The van der Waals surface area contributed by atoms with E-state index in [1.165, 1.54) is 22.7 Å². The number of hydrogen-bond acceptors (Lipinski definition) is 7. The number of fused-ring (bicyclic) bond motifs is 1. The number of amides is 2. The number of carbonyl (C=O) groups is 2. The largest absolute Gasteiger partial charge is 0.497 e. The van der Waals surface area contributed by atoms with E-state index in [0.717, 1.165) is 16.6 Å². The van der Waals surface area contributed by atoms with E-state index in [1.54, 1.807) is 24.6 Å². The van der Waals surface area contributed by atoms with E-state index in [0.29, 0.717) is 31.7 Å². The Morgan fingerprint density at radius 1 is 1.13 bits per heavy atom. The minimum Gasteiger partial charge on any atom is -0.497 e. The molecule has 2 amide bonds. The third-order valence-corrected chi connectivity index (χ3v) is 6.61. The first-order valence-corrected chi connectivity index (χ1v) is 10.6. The molecule has 0 aliphatic carbocycles. The summed E-state index contributed by atoms with van der Waals surface area (Å²) in [6.45, 7) is 1.88. The van der Waals surface area contributed by atoms with Gasteiger partial charge >= 0.3 is 0 Å². The van der Waals surface area contributed by atoms with Crippen molar-refractivity contribution in [3.63, 3.8) is 0 Å². The smallest absolute Gasteiger partial charge is 0.268 e. The number of carbonyl (C=O) groups excluding carboxylic acids is 2. The third kappa shape index (κ3) is 3.49. The molecular weight excluding hydrogens is 420 g/mol. The number of benzene rings is 1. The number of aryl methyl sites for hydroxylation is 1. The lowest BCUT2D eigenvalue weighted by Crippen LogP contribution is -2.17. The summed E-state index contributed by atoms with van der Waals surface area (Å²) < 4.78 is 5.17. The summed E-state index contributed by atoms with van der Waals surface area (Å²) in [5.41, 5.74) is 14.7. The minimum atomic E-state index is -0.626. The summed E-state index contributed by atoms with van der Waals surface area (Å²) in [4.78, 5) is 30.6. The second-order valence-corrected chi connectivity index (χ2v) is 8.43.